The van der Waals surface area contributed by atoms with E-state index in [0.29, 0.717) is 0 Å². The summed E-state index contributed by atoms with van der Waals surface area (Å²) in [6.07, 6.45) is 18.0. The van der Waals surface area contributed by atoms with Gasteiger partial charge in [0.05, 0.1) is 0 Å². The minimum Gasteiger partial charge on any atom is -0.135 e. The van der Waals surface area contributed by atoms with Crippen LogP contribution in [0.4, 0.5) is 0 Å². The molecule has 0 N–H and O–H groups in total. The molecule has 0 aromatic heterocycles. The first-order chi connectivity index (χ1) is 16.7. The second kappa shape index (κ2) is 15.4. The van der Waals surface area contributed by atoms with Crippen molar-refractivity contribution in [1.82, 2.24) is 0 Å². The summed E-state index contributed by atoms with van der Waals surface area (Å²) < 4.78 is 0. The Morgan fingerprint density at radius 1 is 0.735 bits per heavy atom. The Balaban J connectivity index is 0.000000894. The molecule has 0 saturated carbocycles. The van der Waals surface area contributed by atoms with E-state index in [1.807, 2.05) is 41.5 Å². The predicted molar refractivity (Wildman–Crippen MR) is 160 cm³/mol. The molecule has 0 bridgehead atoms. The van der Waals surface area contributed by atoms with Crippen LogP contribution >= 0.6 is 10.0 Å². The molecule has 1 unspecified atom stereocenters. The van der Waals surface area contributed by atoms with Gasteiger partial charge in [-0.25, -0.2) is 0 Å². The molecular formula is C33H46S. The first kappa shape index (κ1) is 29.5. The molecule has 0 radical (unpaired) electrons. The second-order valence-electron chi connectivity index (χ2n) is 7.24. The molecule has 2 aromatic carbocycles. The lowest BCUT2D eigenvalue weighted by Gasteiger charge is -2.39. The molecule has 0 nitrogen and oxygen atoms in total. The standard InChI is InChI=1S/C27H28S.3C2H6/c1-4-6-8-15-23-20-22-14-10-12-18-26(22)28(23)25(17-9-7-5-2)21(3)24-16-11-13-19-27(24)28;3*1-2/h4-7,9-14,16-20H,8,15H2,1-3H3;3*1-2H3/b6-4-,7-5-,17-9-;;;. The molecule has 1 heteroatoms. The Morgan fingerprint density at radius 3 is 2.00 bits per heavy atom. The highest BCUT2D eigenvalue weighted by molar-refractivity contribution is 8.40. The zero-order valence-corrected chi connectivity index (χ0v) is 23.8. The van der Waals surface area contributed by atoms with Gasteiger partial charge in [0.2, 0.25) is 0 Å². The fourth-order valence-electron chi connectivity index (χ4n) is 4.42. The van der Waals surface area contributed by atoms with Crippen LogP contribution in [0.2, 0.25) is 0 Å². The predicted octanol–water partition coefficient (Wildman–Crippen LogP) is 11.6. The summed E-state index contributed by atoms with van der Waals surface area (Å²) in [5.74, 6) is 0. The molecule has 4 rings (SSSR count). The molecular weight excluding hydrogens is 428 g/mol. The maximum absolute atomic E-state index is 2.48. The van der Waals surface area contributed by atoms with Gasteiger partial charge in [-0.2, -0.15) is 0 Å². The summed E-state index contributed by atoms with van der Waals surface area (Å²) in [7, 11) is -1.35. The van der Waals surface area contributed by atoms with Gasteiger partial charge in [-0.05, 0) is 79.5 Å². The van der Waals surface area contributed by atoms with Crippen LogP contribution in [-0.2, 0) is 0 Å². The summed E-state index contributed by atoms with van der Waals surface area (Å²) in [6, 6.07) is 18.1. The van der Waals surface area contributed by atoms with Crippen LogP contribution in [0.1, 0.15) is 86.3 Å². The van der Waals surface area contributed by atoms with Crippen LogP contribution in [0.25, 0.3) is 11.6 Å². The van der Waals surface area contributed by atoms with Crippen LogP contribution in [-0.4, -0.2) is 0 Å². The Labute approximate surface area is 212 Å². The van der Waals surface area contributed by atoms with E-state index >= 15 is 0 Å². The average molecular weight is 475 g/mol. The van der Waals surface area contributed by atoms with Gasteiger partial charge in [-0.15, -0.1) is 10.0 Å². The van der Waals surface area contributed by atoms with E-state index in [4.69, 9.17) is 0 Å². The highest BCUT2D eigenvalue weighted by Gasteiger charge is 2.45. The molecule has 1 spiro atoms. The summed E-state index contributed by atoms with van der Waals surface area (Å²) in [5.41, 5.74) is 4.25. The van der Waals surface area contributed by atoms with Crippen LogP contribution < -0.4 is 0 Å². The number of benzene rings is 2. The zero-order valence-electron chi connectivity index (χ0n) is 23.0. The second-order valence-corrected chi connectivity index (χ2v) is 10.3. The fourth-order valence-corrected chi connectivity index (χ4v) is 9.16. The maximum atomic E-state index is 2.48. The number of fused-ring (bicyclic) bond motifs is 4. The van der Waals surface area contributed by atoms with Gasteiger partial charge in [0.15, 0.2) is 0 Å². The Bertz CT molecular complexity index is 1050. The van der Waals surface area contributed by atoms with E-state index in [1.54, 1.807) is 4.91 Å². The third-order valence-corrected chi connectivity index (χ3v) is 9.88. The van der Waals surface area contributed by atoms with E-state index in [2.05, 4.69) is 112 Å². The smallest absolute Gasteiger partial charge is 0.00959 e. The van der Waals surface area contributed by atoms with Crippen molar-refractivity contribution in [3.63, 3.8) is 0 Å². The third-order valence-electron chi connectivity index (χ3n) is 5.62. The highest BCUT2D eigenvalue weighted by Crippen LogP contribution is 2.82. The van der Waals surface area contributed by atoms with Crippen molar-refractivity contribution < 1.29 is 0 Å². The number of hydrogen-bond donors (Lipinski definition) is 0. The SMILES string of the molecule is C/C=C\C=C/C1=C(C)c2ccccc2S12C(CC/C=C\C)=Cc1ccccc12.CC.CC.CC. The van der Waals surface area contributed by atoms with Crippen molar-refractivity contribution in [1.29, 1.82) is 0 Å². The first-order valence-corrected chi connectivity index (χ1v) is 14.7. The van der Waals surface area contributed by atoms with Crippen LogP contribution in [0.3, 0.4) is 0 Å². The molecule has 1 atom stereocenters. The van der Waals surface area contributed by atoms with E-state index in [-0.39, 0.29) is 0 Å². The van der Waals surface area contributed by atoms with Crippen molar-refractivity contribution in [2.24, 2.45) is 0 Å². The molecule has 2 aliphatic heterocycles. The summed E-state index contributed by atoms with van der Waals surface area (Å²) in [6.45, 7) is 18.5. The van der Waals surface area contributed by atoms with Crippen LogP contribution in [0.15, 0.2) is 105 Å². The number of allylic oxidation sites excluding steroid dienone is 8. The van der Waals surface area contributed by atoms with E-state index in [1.165, 1.54) is 31.4 Å². The fraction of sp³-hybridized carbons (Fsp3) is 0.333. The van der Waals surface area contributed by atoms with E-state index < -0.39 is 10.0 Å². The summed E-state index contributed by atoms with van der Waals surface area (Å²) >= 11 is 0. The summed E-state index contributed by atoms with van der Waals surface area (Å²) in [4.78, 5) is 6.12. The van der Waals surface area contributed by atoms with Gasteiger partial charge in [0.1, 0.15) is 0 Å². The van der Waals surface area contributed by atoms with Crippen molar-refractivity contribution >= 4 is 21.7 Å². The minimum atomic E-state index is -1.35. The maximum Gasteiger partial charge on any atom is 0.00959 e. The van der Waals surface area contributed by atoms with Gasteiger partial charge < -0.3 is 0 Å². The first-order valence-electron chi connectivity index (χ1n) is 13.1. The van der Waals surface area contributed by atoms with Gasteiger partial charge >= 0.3 is 0 Å². The van der Waals surface area contributed by atoms with Crippen molar-refractivity contribution in [2.75, 3.05) is 0 Å². The molecule has 184 valence electrons. The molecule has 0 saturated heterocycles. The van der Waals surface area contributed by atoms with Crippen molar-refractivity contribution in [2.45, 2.75) is 84.9 Å². The zero-order chi connectivity index (χ0) is 25.6. The van der Waals surface area contributed by atoms with Crippen LogP contribution in [0, 0.1) is 0 Å². The van der Waals surface area contributed by atoms with Gasteiger partial charge in [-0.1, -0.05) is 108 Å². The highest BCUT2D eigenvalue weighted by atomic mass is 32.3. The largest absolute Gasteiger partial charge is 0.135 e. The quantitative estimate of drug-likeness (QED) is 0.298. The number of rotatable bonds is 5. The third kappa shape index (κ3) is 5.58. The Kier molecular flexibility index (Phi) is 13.4. The molecule has 0 fully saturated rings. The lowest BCUT2D eigenvalue weighted by atomic mass is 10.1. The average Bonchev–Trinajstić information content (AvgIpc) is 3.37. The van der Waals surface area contributed by atoms with Crippen molar-refractivity contribution in [3.8, 4) is 0 Å². The molecule has 2 aliphatic rings. The van der Waals surface area contributed by atoms with E-state index in [9.17, 15) is 0 Å². The monoisotopic (exact) mass is 474 g/mol. The molecule has 0 amide bonds. The lowest BCUT2D eigenvalue weighted by molar-refractivity contribution is 1.04. The molecule has 2 aromatic rings. The molecule has 0 aliphatic carbocycles. The van der Waals surface area contributed by atoms with Gasteiger partial charge in [-0.3, -0.25) is 0 Å². The van der Waals surface area contributed by atoms with Gasteiger partial charge in [0.25, 0.3) is 0 Å². The summed E-state index contributed by atoms with van der Waals surface area (Å²) in [5, 5.41) is 0. The molecule has 34 heavy (non-hydrogen) atoms. The Hall–Kier alpha value is -2.51. The molecule has 2 heterocycles. The minimum absolute atomic E-state index is 1.10. The van der Waals surface area contributed by atoms with Crippen molar-refractivity contribution in [3.05, 3.63) is 106 Å². The lowest BCUT2D eigenvalue weighted by Crippen LogP contribution is -2.02. The normalized spacial score (nSPS) is 19.5. The van der Waals surface area contributed by atoms with Gasteiger partial charge in [0, 0.05) is 14.7 Å². The van der Waals surface area contributed by atoms with E-state index in [0.717, 1.165) is 12.8 Å². The Morgan fingerprint density at radius 2 is 1.35 bits per heavy atom. The topological polar surface area (TPSA) is 0 Å². The number of hydrogen-bond acceptors (Lipinski definition) is 0. The van der Waals surface area contributed by atoms with Crippen LogP contribution in [0.5, 0.6) is 0 Å².